The van der Waals surface area contributed by atoms with Gasteiger partial charge in [-0.1, -0.05) is 60.2 Å². The smallest absolute Gasteiger partial charge is 0.242 e. The number of hydrogen-bond acceptors (Lipinski definition) is 3. The third kappa shape index (κ3) is 7.04. The van der Waals surface area contributed by atoms with Crippen molar-refractivity contribution in [2.45, 2.75) is 52.1 Å². The van der Waals surface area contributed by atoms with E-state index in [1.165, 1.54) is 11.1 Å². The van der Waals surface area contributed by atoms with Gasteiger partial charge in [0.2, 0.25) is 11.8 Å². The average Bonchev–Trinajstić information content (AvgIpc) is 2.66. The predicted octanol–water partition coefficient (Wildman–Crippen LogP) is 4.17. The van der Waals surface area contributed by atoms with Gasteiger partial charge in [-0.25, -0.2) is 0 Å². The third-order valence-electron chi connectivity index (χ3n) is 4.37. The molecule has 0 heterocycles. The molecular weight excluding hydrogens is 368 g/mol. The van der Waals surface area contributed by atoms with Crippen molar-refractivity contribution in [2.24, 2.45) is 0 Å². The minimum Gasteiger partial charge on any atom is -0.352 e. The minimum atomic E-state index is -0.519. The second-order valence-electron chi connectivity index (χ2n) is 7.33. The van der Waals surface area contributed by atoms with E-state index in [-0.39, 0.29) is 17.9 Å². The van der Waals surface area contributed by atoms with Crippen molar-refractivity contribution in [1.82, 2.24) is 10.2 Å². The first kappa shape index (κ1) is 22.0. The Labute approximate surface area is 172 Å². The van der Waals surface area contributed by atoms with E-state index in [1.807, 2.05) is 50.2 Å². The molecule has 0 spiro atoms. The van der Waals surface area contributed by atoms with Crippen LogP contribution in [-0.4, -0.2) is 34.6 Å². The van der Waals surface area contributed by atoms with Gasteiger partial charge >= 0.3 is 0 Å². The predicted molar refractivity (Wildman–Crippen MR) is 117 cm³/mol. The third-order valence-corrected chi connectivity index (χ3v) is 5.36. The number of carbonyl (C=O) groups is 2. The van der Waals surface area contributed by atoms with Crippen LogP contribution in [0.2, 0.25) is 0 Å². The van der Waals surface area contributed by atoms with Gasteiger partial charge in [0, 0.05) is 18.3 Å². The Kier molecular flexibility index (Phi) is 8.58. The first-order valence-corrected chi connectivity index (χ1v) is 10.8. The van der Waals surface area contributed by atoms with Gasteiger partial charge < -0.3 is 10.2 Å². The molecule has 28 heavy (non-hydrogen) atoms. The largest absolute Gasteiger partial charge is 0.352 e. The van der Waals surface area contributed by atoms with E-state index in [0.717, 1.165) is 11.3 Å². The van der Waals surface area contributed by atoms with Gasteiger partial charge in [-0.05, 0) is 38.8 Å². The molecule has 1 N–H and O–H groups in total. The van der Waals surface area contributed by atoms with Crippen LogP contribution in [0.5, 0.6) is 0 Å². The molecule has 0 radical (unpaired) electrons. The molecule has 1 atom stereocenters. The molecule has 2 aromatic carbocycles. The van der Waals surface area contributed by atoms with Crippen LogP contribution in [0.15, 0.2) is 54.6 Å². The van der Waals surface area contributed by atoms with Crippen LogP contribution in [0.3, 0.4) is 0 Å². The number of thioether (sulfide) groups is 1. The van der Waals surface area contributed by atoms with Gasteiger partial charge in [-0.3, -0.25) is 9.59 Å². The summed E-state index contributed by atoms with van der Waals surface area (Å²) in [5.41, 5.74) is 3.44. The lowest BCUT2D eigenvalue weighted by Gasteiger charge is -2.29. The molecule has 0 fully saturated rings. The molecule has 0 aromatic heterocycles. The molecule has 0 bridgehead atoms. The Bertz CT molecular complexity index is 777. The number of aryl methyl sites for hydroxylation is 1. The Hall–Kier alpha value is -2.27. The summed E-state index contributed by atoms with van der Waals surface area (Å²) in [7, 11) is 0. The molecule has 5 heteroatoms. The standard InChI is InChI=1S/C23H30N2O2S/c1-17(2)24-23(27)19(4)25(14-20-10-6-5-7-11-20)22(26)16-28-15-21-12-8-9-18(3)13-21/h5-13,17,19H,14-16H2,1-4H3,(H,24,27)/t19-/m0/s1. The zero-order valence-corrected chi connectivity index (χ0v) is 18.0. The maximum atomic E-state index is 13.0. The maximum Gasteiger partial charge on any atom is 0.242 e. The van der Waals surface area contributed by atoms with Crippen LogP contribution in [0.25, 0.3) is 0 Å². The van der Waals surface area contributed by atoms with E-state index in [0.29, 0.717) is 12.3 Å². The topological polar surface area (TPSA) is 49.4 Å². The van der Waals surface area contributed by atoms with Gasteiger partial charge in [0.1, 0.15) is 6.04 Å². The van der Waals surface area contributed by atoms with Crippen LogP contribution in [-0.2, 0) is 21.9 Å². The summed E-state index contributed by atoms with van der Waals surface area (Å²) >= 11 is 1.58. The number of rotatable bonds is 9. The van der Waals surface area contributed by atoms with Crippen LogP contribution < -0.4 is 5.32 Å². The molecule has 4 nitrogen and oxygen atoms in total. The number of carbonyl (C=O) groups excluding carboxylic acids is 2. The van der Waals surface area contributed by atoms with Crippen molar-refractivity contribution in [3.05, 3.63) is 71.3 Å². The van der Waals surface area contributed by atoms with E-state index in [1.54, 1.807) is 23.6 Å². The van der Waals surface area contributed by atoms with Crippen molar-refractivity contribution in [2.75, 3.05) is 5.75 Å². The number of nitrogens with zero attached hydrogens (tertiary/aromatic N) is 1. The Morgan fingerprint density at radius 3 is 2.32 bits per heavy atom. The molecule has 2 aromatic rings. The van der Waals surface area contributed by atoms with Crippen LogP contribution in [0.1, 0.15) is 37.5 Å². The molecule has 0 saturated carbocycles. The van der Waals surface area contributed by atoms with Gasteiger partial charge in [0.05, 0.1) is 5.75 Å². The second kappa shape index (κ2) is 10.9. The lowest BCUT2D eigenvalue weighted by molar-refractivity contribution is -0.138. The SMILES string of the molecule is Cc1cccc(CSCC(=O)N(Cc2ccccc2)[C@@H](C)C(=O)NC(C)C)c1. The molecule has 150 valence electrons. The number of nitrogens with one attached hydrogen (secondary N) is 1. The van der Waals surface area contributed by atoms with E-state index in [2.05, 4.69) is 30.4 Å². The molecule has 0 aliphatic rings. The van der Waals surface area contributed by atoms with Crippen LogP contribution >= 0.6 is 11.8 Å². The van der Waals surface area contributed by atoms with E-state index in [9.17, 15) is 9.59 Å². The first-order chi connectivity index (χ1) is 13.4. The highest BCUT2D eigenvalue weighted by atomic mass is 32.2. The summed E-state index contributed by atoms with van der Waals surface area (Å²) in [5, 5.41) is 2.91. The highest BCUT2D eigenvalue weighted by Gasteiger charge is 2.26. The Balaban J connectivity index is 2.03. The quantitative estimate of drug-likeness (QED) is 0.690. The lowest BCUT2D eigenvalue weighted by atomic mass is 10.1. The normalized spacial score (nSPS) is 11.9. The summed E-state index contributed by atoms with van der Waals surface area (Å²) in [6.45, 7) is 8.13. The summed E-state index contributed by atoms with van der Waals surface area (Å²) < 4.78 is 0. The highest BCUT2D eigenvalue weighted by Crippen LogP contribution is 2.16. The van der Waals surface area contributed by atoms with Crippen LogP contribution in [0.4, 0.5) is 0 Å². The van der Waals surface area contributed by atoms with Crippen LogP contribution in [0, 0.1) is 6.92 Å². The minimum absolute atomic E-state index is 0.0205. The summed E-state index contributed by atoms with van der Waals surface area (Å²) in [6.07, 6.45) is 0. The van der Waals surface area contributed by atoms with Crippen molar-refractivity contribution >= 4 is 23.6 Å². The fourth-order valence-corrected chi connectivity index (χ4v) is 3.77. The van der Waals surface area contributed by atoms with Gasteiger partial charge in [-0.2, -0.15) is 0 Å². The molecule has 0 saturated heterocycles. The van der Waals surface area contributed by atoms with Crippen molar-refractivity contribution in [3.8, 4) is 0 Å². The van der Waals surface area contributed by atoms with Gasteiger partial charge in [0.15, 0.2) is 0 Å². The second-order valence-corrected chi connectivity index (χ2v) is 8.31. The van der Waals surface area contributed by atoms with Crippen molar-refractivity contribution < 1.29 is 9.59 Å². The summed E-state index contributed by atoms with van der Waals surface area (Å²) in [5.74, 6) is 0.982. The fraction of sp³-hybridized carbons (Fsp3) is 0.391. The fourth-order valence-electron chi connectivity index (χ4n) is 2.91. The monoisotopic (exact) mass is 398 g/mol. The maximum absolute atomic E-state index is 13.0. The highest BCUT2D eigenvalue weighted by molar-refractivity contribution is 7.99. The lowest BCUT2D eigenvalue weighted by Crippen LogP contribution is -2.49. The number of hydrogen-bond donors (Lipinski definition) is 1. The van der Waals surface area contributed by atoms with Crippen molar-refractivity contribution in [3.63, 3.8) is 0 Å². The Morgan fingerprint density at radius 2 is 1.68 bits per heavy atom. The number of benzene rings is 2. The van der Waals surface area contributed by atoms with Crippen molar-refractivity contribution in [1.29, 1.82) is 0 Å². The molecular formula is C23H30N2O2S. The number of amides is 2. The molecule has 0 aliphatic carbocycles. The van der Waals surface area contributed by atoms with E-state index < -0.39 is 6.04 Å². The molecule has 0 unspecified atom stereocenters. The average molecular weight is 399 g/mol. The summed E-state index contributed by atoms with van der Waals surface area (Å²) in [6, 6.07) is 17.6. The molecule has 2 amide bonds. The van der Waals surface area contributed by atoms with E-state index in [4.69, 9.17) is 0 Å². The molecule has 0 aliphatic heterocycles. The summed E-state index contributed by atoms with van der Waals surface area (Å²) in [4.78, 5) is 27.1. The van der Waals surface area contributed by atoms with Gasteiger partial charge in [-0.15, -0.1) is 11.8 Å². The first-order valence-electron chi connectivity index (χ1n) is 9.64. The molecule has 2 rings (SSSR count). The van der Waals surface area contributed by atoms with Gasteiger partial charge in [0.25, 0.3) is 0 Å². The zero-order chi connectivity index (χ0) is 20.5. The zero-order valence-electron chi connectivity index (χ0n) is 17.1. The van der Waals surface area contributed by atoms with E-state index >= 15 is 0 Å². The Morgan fingerprint density at radius 1 is 1.00 bits per heavy atom.